The van der Waals surface area contributed by atoms with E-state index in [1.807, 2.05) is 48.5 Å². The summed E-state index contributed by atoms with van der Waals surface area (Å²) in [6.45, 7) is 0.439. The lowest BCUT2D eigenvalue weighted by molar-refractivity contribution is -0.645. The third-order valence-corrected chi connectivity index (χ3v) is 8.75. The third kappa shape index (κ3) is 2.85. The molecule has 1 saturated heterocycles. The van der Waals surface area contributed by atoms with E-state index in [1.54, 1.807) is 7.11 Å². The second kappa shape index (κ2) is 7.10. The number of halogens is 2. The maximum absolute atomic E-state index is 6.99. The first-order valence-corrected chi connectivity index (χ1v) is 11.8. The molecule has 0 aromatic heterocycles. The quantitative estimate of drug-likeness (QED) is 0.391. The van der Waals surface area contributed by atoms with Crippen LogP contribution in [0.2, 0.25) is 5.02 Å². The van der Waals surface area contributed by atoms with Crippen molar-refractivity contribution in [1.29, 1.82) is 0 Å². The van der Waals surface area contributed by atoms with Crippen LogP contribution in [0.15, 0.2) is 48.5 Å². The van der Waals surface area contributed by atoms with Gasteiger partial charge in [-0.1, -0.05) is 48.0 Å². The number of ether oxygens (including phenoxy) is 2. The lowest BCUT2D eigenvalue weighted by atomic mass is 9.46. The Bertz CT molecular complexity index is 976. The van der Waals surface area contributed by atoms with Gasteiger partial charge in [-0.05, 0) is 67.6 Å². The van der Waals surface area contributed by atoms with Gasteiger partial charge in [0.25, 0.3) is 5.79 Å². The summed E-state index contributed by atoms with van der Waals surface area (Å²) >= 11 is 13.5. The summed E-state index contributed by atoms with van der Waals surface area (Å²) in [5.41, 5.74) is 1.45. The Labute approximate surface area is 192 Å². The van der Waals surface area contributed by atoms with E-state index in [2.05, 4.69) is 0 Å². The van der Waals surface area contributed by atoms with E-state index in [0.717, 1.165) is 43.2 Å². The number of hydrogen-bond donors (Lipinski definition) is 0. The molecular formula is C25H26Cl2O4. The maximum Gasteiger partial charge on any atom is 0.260 e. The molecule has 5 fully saturated rings. The fourth-order valence-electron chi connectivity index (χ4n) is 6.90. The zero-order chi connectivity index (χ0) is 21.3. The first-order valence-electron chi connectivity index (χ1n) is 11.1. The van der Waals surface area contributed by atoms with Crippen LogP contribution in [-0.4, -0.2) is 17.6 Å². The summed E-state index contributed by atoms with van der Waals surface area (Å²) in [5.74, 6) is 0.943. The van der Waals surface area contributed by atoms with Crippen LogP contribution in [0.3, 0.4) is 0 Å². The second-order valence-corrected chi connectivity index (χ2v) is 10.9. The van der Waals surface area contributed by atoms with Gasteiger partial charge >= 0.3 is 0 Å². The van der Waals surface area contributed by atoms with Crippen LogP contribution >= 0.6 is 23.2 Å². The zero-order valence-corrected chi connectivity index (χ0v) is 19.0. The Morgan fingerprint density at radius 2 is 1.74 bits per heavy atom. The molecule has 4 bridgehead atoms. The lowest BCUT2D eigenvalue weighted by Crippen LogP contribution is -2.78. The van der Waals surface area contributed by atoms with Crippen molar-refractivity contribution in [3.8, 4) is 5.75 Å². The summed E-state index contributed by atoms with van der Waals surface area (Å²) in [6, 6.07) is 15.8. The molecule has 164 valence electrons. The van der Waals surface area contributed by atoms with E-state index in [4.69, 9.17) is 42.5 Å². The lowest BCUT2D eigenvalue weighted by Gasteiger charge is -2.70. The highest BCUT2D eigenvalue weighted by atomic mass is 35.5. The van der Waals surface area contributed by atoms with Crippen LogP contribution < -0.4 is 4.74 Å². The van der Waals surface area contributed by atoms with E-state index >= 15 is 0 Å². The standard InChI is InChI=1S/C25H26Cl2O4/c1-28-25(18-7-8-21(26)22(11-18)29-15-16-5-3-2-4-6-16)24(30-31-25)19-9-17-10-20(24)14-23(27,12-17)13-19/h2-8,11,17,19-20H,9-10,12-15H2,1H3. The smallest absolute Gasteiger partial charge is 0.260 e. The van der Waals surface area contributed by atoms with Crippen LogP contribution in [-0.2, 0) is 26.9 Å². The van der Waals surface area contributed by atoms with Gasteiger partial charge in [0.05, 0.1) is 5.02 Å². The average molecular weight is 461 g/mol. The van der Waals surface area contributed by atoms with Crippen LogP contribution in [0.4, 0.5) is 0 Å². The Hall–Kier alpha value is -1.30. The Balaban J connectivity index is 1.34. The van der Waals surface area contributed by atoms with E-state index in [1.165, 1.54) is 0 Å². The number of rotatable bonds is 5. The first kappa shape index (κ1) is 20.3. The number of alkyl halides is 1. The molecule has 3 unspecified atom stereocenters. The van der Waals surface area contributed by atoms with E-state index in [9.17, 15) is 0 Å². The summed E-state index contributed by atoms with van der Waals surface area (Å²) in [5, 5.41) is 0.560. The summed E-state index contributed by atoms with van der Waals surface area (Å²) < 4.78 is 12.2. The van der Waals surface area contributed by atoms with Gasteiger partial charge in [0.2, 0.25) is 0 Å². The SMILES string of the molecule is COC1(c2ccc(Cl)c(OCc3ccccc3)c2)OOC12C1CC3CC2CC(Cl)(C3)C1. The predicted octanol–water partition coefficient (Wildman–Crippen LogP) is 6.24. The van der Waals surface area contributed by atoms with Crippen molar-refractivity contribution in [1.82, 2.24) is 0 Å². The number of benzene rings is 2. The van der Waals surface area contributed by atoms with Crippen LogP contribution in [0, 0.1) is 17.8 Å². The van der Waals surface area contributed by atoms with E-state index in [-0.39, 0.29) is 4.87 Å². The molecule has 2 aromatic carbocycles. The van der Waals surface area contributed by atoms with Crippen LogP contribution in [0.5, 0.6) is 5.75 Å². The Morgan fingerprint density at radius 1 is 1.00 bits per heavy atom. The highest BCUT2D eigenvalue weighted by molar-refractivity contribution is 6.32. The molecule has 7 rings (SSSR count). The van der Waals surface area contributed by atoms with Gasteiger partial charge in [0.15, 0.2) is 5.60 Å². The molecule has 1 heterocycles. The average Bonchev–Trinajstić information content (AvgIpc) is 2.73. The molecule has 5 aliphatic rings. The molecule has 0 N–H and O–H groups in total. The highest BCUT2D eigenvalue weighted by Gasteiger charge is 2.78. The number of hydrogen-bond acceptors (Lipinski definition) is 4. The Morgan fingerprint density at radius 3 is 2.35 bits per heavy atom. The molecule has 6 heteroatoms. The molecule has 1 spiro atoms. The normalized spacial score (nSPS) is 40.2. The van der Waals surface area contributed by atoms with E-state index < -0.39 is 11.4 Å². The van der Waals surface area contributed by atoms with Crippen molar-refractivity contribution in [3.05, 3.63) is 64.7 Å². The molecule has 4 aliphatic carbocycles. The van der Waals surface area contributed by atoms with Gasteiger partial charge in [-0.2, -0.15) is 4.89 Å². The van der Waals surface area contributed by atoms with Crippen LogP contribution in [0.25, 0.3) is 0 Å². The minimum atomic E-state index is -0.974. The third-order valence-electron chi connectivity index (χ3n) is 7.97. The van der Waals surface area contributed by atoms with Gasteiger partial charge in [-0.3, -0.25) is 0 Å². The van der Waals surface area contributed by atoms with Crippen molar-refractivity contribution in [2.24, 2.45) is 17.8 Å². The fraction of sp³-hybridized carbons (Fsp3) is 0.520. The monoisotopic (exact) mass is 460 g/mol. The largest absolute Gasteiger partial charge is 0.487 e. The van der Waals surface area contributed by atoms with Gasteiger partial charge in [-0.15, -0.1) is 11.6 Å². The zero-order valence-electron chi connectivity index (χ0n) is 17.5. The van der Waals surface area contributed by atoms with Crippen molar-refractivity contribution in [2.45, 2.75) is 55.0 Å². The van der Waals surface area contributed by atoms with Gasteiger partial charge in [-0.25, -0.2) is 4.89 Å². The first-order chi connectivity index (χ1) is 15.0. The maximum atomic E-state index is 6.99. The van der Waals surface area contributed by atoms with Crippen molar-refractivity contribution in [3.63, 3.8) is 0 Å². The Kier molecular flexibility index (Phi) is 4.65. The summed E-state index contributed by atoms with van der Waals surface area (Å²) in [6.07, 6.45) is 5.24. The molecule has 4 nitrogen and oxygen atoms in total. The van der Waals surface area contributed by atoms with Crippen molar-refractivity contribution >= 4 is 23.2 Å². The fourth-order valence-corrected chi connectivity index (χ4v) is 7.66. The molecule has 1 aliphatic heterocycles. The van der Waals surface area contributed by atoms with E-state index in [0.29, 0.717) is 35.1 Å². The van der Waals surface area contributed by atoms with Crippen LogP contribution in [0.1, 0.15) is 43.2 Å². The highest BCUT2D eigenvalue weighted by Crippen LogP contribution is 2.71. The van der Waals surface area contributed by atoms with Gasteiger partial charge < -0.3 is 9.47 Å². The molecular weight excluding hydrogens is 435 g/mol. The molecule has 0 amide bonds. The second-order valence-electron chi connectivity index (χ2n) is 9.69. The molecule has 31 heavy (non-hydrogen) atoms. The topological polar surface area (TPSA) is 36.9 Å². The molecule has 3 atom stereocenters. The van der Waals surface area contributed by atoms with Crippen molar-refractivity contribution in [2.75, 3.05) is 7.11 Å². The minimum absolute atomic E-state index is 0.0931. The minimum Gasteiger partial charge on any atom is -0.487 e. The van der Waals surface area contributed by atoms with Gasteiger partial charge in [0, 0.05) is 17.5 Å². The van der Waals surface area contributed by atoms with Gasteiger partial charge in [0.1, 0.15) is 12.4 Å². The molecule has 4 saturated carbocycles. The number of methoxy groups -OCH3 is 1. The molecule has 0 radical (unpaired) electrons. The predicted molar refractivity (Wildman–Crippen MR) is 118 cm³/mol. The summed E-state index contributed by atoms with van der Waals surface area (Å²) in [4.78, 5) is 11.8. The molecule has 2 aromatic rings. The van der Waals surface area contributed by atoms with Crippen molar-refractivity contribution < 1.29 is 19.2 Å². The summed E-state index contributed by atoms with van der Waals surface area (Å²) in [7, 11) is 1.70.